The fourth-order valence-corrected chi connectivity index (χ4v) is 3.47. The van der Waals surface area contributed by atoms with Gasteiger partial charge in [-0.3, -0.25) is 10.1 Å². The highest BCUT2D eigenvalue weighted by Gasteiger charge is 2.25. The van der Waals surface area contributed by atoms with Gasteiger partial charge in [-0.1, -0.05) is 42.5 Å². The van der Waals surface area contributed by atoms with Crippen LogP contribution in [-0.4, -0.2) is 44.7 Å². The molecule has 0 aromatic heterocycles. The van der Waals surface area contributed by atoms with E-state index < -0.39 is 6.03 Å². The van der Waals surface area contributed by atoms with Gasteiger partial charge in [0, 0.05) is 11.3 Å². The summed E-state index contributed by atoms with van der Waals surface area (Å²) in [5.74, 6) is -0.235. The highest BCUT2D eigenvalue weighted by Crippen LogP contribution is 2.05. The molecule has 1 aliphatic heterocycles. The Balaban J connectivity index is 1.39. The second kappa shape index (κ2) is 9.30. The average molecular weight is 368 g/mol. The Hall–Kier alpha value is -2.70. The quantitative estimate of drug-likeness (QED) is 0.582. The van der Waals surface area contributed by atoms with Crippen molar-refractivity contribution in [1.29, 1.82) is 0 Å². The van der Waals surface area contributed by atoms with Crippen molar-refractivity contribution in [1.82, 2.24) is 5.32 Å². The minimum atomic E-state index is -0.477. The summed E-state index contributed by atoms with van der Waals surface area (Å²) >= 11 is 0. The molecule has 1 aliphatic rings. The number of benzene rings is 2. The van der Waals surface area contributed by atoms with Crippen LogP contribution in [0.15, 0.2) is 54.6 Å². The van der Waals surface area contributed by atoms with Gasteiger partial charge in [-0.25, -0.2) is 4.79 Å². The SMILES string of the molecule is Cc1ccccc1C[NH+]1CC[NH+](CC(=O)NC(=O)Nc2ccccc2)CC1. The molecule has 6 heteroatoms. The van der Waals surface area contributed by atoms with Gasteiger partial charge in [0.25, 0.3) is 5.91 Å². The number of quaternary nitrogens is 2. The molecule has 2 aromatic carbocycles. The molecular weight excluding hydrogens is 340 g/mol. The molecule has 0 radical (unpaired) electrons. The van der Waals surface area contributed by atoms with E-state index in [-0.39, 0.29) is 5.91 Å². The van der Waals surface area contributed by atoms with Crippen LogP contribution < -0.4 is 20.4 Å². The van der Waals surface area contributed by atoms with Crippen LogP contribution in [0.2, 0.25) is 0 Å². The Morgan fingerprint density at radius 3 is 2.22 bits per heavy atom. The second-order valence-corrected chi connectivity index (χ2v) is 7.15. The average Bonchev–Trinajstić information content (AvgIpc) is 2.66. The minimum Gasteiger partial charge on any atom is -0.322 e. The third-order valence-electron chi connectivity index (χ3n) is 5.06. The molecule has 1 saturated heterocycles. The molecule has 0 unspecified atom stereocenters. The number of hydrogen-bond acceptors (Lipinski definition) is 2. The number of hydrogen-bond donors (Lipinski definition) is 4. The van der Waals surface area contributed by atoms with E-state index in [1.165, 1.54) is 16.0 Å². The molecule has 1 fully saturated rings. The van der Waals surface area contributed by atoms with Gasteiger partial charge in [-0.2, -0.15) is 0 Å². The fourth-order valence-electron chi connectivity index (χ4n) is 3.47. The van der Waals surface area contributed by atoms with Gasteiger partial charge < -0.3 is 15.1 Å². The van der Waals surface area contributed by atoms with Crippen molar-refractivity contribution < 1.29 is 19.4 Å². The van der Waals surface area contributed by atoms with Gasteiger partial charge in [0.15, 0.2) is 6.54 Å². The van der Waals surface area contributed by atoms with Crippen molar-refractivity contribution in [2.24, 2.45) is 0 Å². The third-order valence-corrected chi connectivity index (χ3v) is 5.06. The maximum atomic E-state index is 12.1. The van der Waals surface area contributed by atoms with Crippen LogP contribution in [0.3, 0.4) is 0 Å². The summed E-state index contributed by atoms with van der Waals surface area (Å²) in [6.45, 7) is 7.47. The zero-order valence-corrected chi connectivity index (χ0v) is 15.8. The van der Waals surface area contributed by atoms with E-state index in [0.29, 0.717) is 12.2 Å². The van der Waals surface area contributed by atoms with Gasteiger partial charge >= 0.3 is 6.03 Å². The number of aryl methyl sites for hydroxylation is 1. The smallest absolute Gasteiger partial charge is 0.322 e. The third kappa shape index (κ3) is 5.91. The van der Waals surface area contributed by atoms with Gasteiger partial charge in [0.1, 0.15) is 32.7 Å². The maximum Gasteiger partial charge on any atom is 0.326 e. The number of nitrogens with one attached hydrogen (secondary N) is 4. The van der Waals surface area contributed by atoms with E-state index in [0.717, 1.165) is 32.7 Å². The van der Waals surface area contributed by atoms with Crippen LogP contribution in [0.5, 0.6) is 0 Å². The summed E-state index contributed by atoms with van der Waals surface area (Å²) in [5.41, 5.74) is 3.40. The Morgan fingerprint density at radius 2 is 1.52 bits per heavy atom. The topological polar surface area (TPSA) is 67.1 Å². The number of amides is 3. The summed E-state index contributed by atoms with van der Waals surface area (Å²) in [5, 5.41) is 5.08. The van der Waals surface area contributed by atoms with Crippen molar-refractivity contribution in [2.45, 2.75) is 13.5 Å². The summed E-state index contributed by atoms with van der Waals surface area (Å²) in [4.78, 5) is 26.8. The molecule has 1 heterocycles. The number of anilines is 1. The first kappa shape index (κ1) is 19.1. The first-order valence-electron chi connectivity index (χ1n) is 9.47. The number of urea groups is 1. The van der Waals surface area contributed by atoms with Crippen molar-refractivity contribution >= 4 is 17.6 Å². The molecule has 2 aromatic rings. The maximum absolute atomic E-state index is 12.1. The molecule has 0 bridgehead atoms. The Bertz CT molecular complexity index is 771. The van der Waals surface area contributed by atoms with Crippen LogP contribution in [0.1, 0.15) is 11.1 Å². The second-order valence-electron chi connectivity index (χ2n) is 7.15. The molecule has 0 spiro atoms. The lowest BCUT2D eigenvalue weighted by Gasteiger charge is -2.29. The fraction of sp³-hybridized carbons (Fsp3) is 0.333. The minimum absolute atomic E-state index is 0.235. The van der Waals surface area contributed by atoms with Gasteiger partial charge in [0.2, 0.25) is 0 Å². The predicted octanol–water partition coefficient (Wildman–Crippen LogP) is -0.373. The van der Waals surface area contributed by atoms with E-state index >= 15 is 0 Å². The summed E-state index contributed by atoms with van der Waals surface area (Å²) in [6.07, 6.45) is 0. The van der Waals surface area contributed by atoms with Crippen LogP contribution in [0.4, 0.5) is 10.5 Å². The molecular formula is C21H28N4O2+2. The molecule has 3 amide bonds. The zero-order valence-electron chi connectivity index (χ0n) is 15.8. The van der Waals surface area contributed by atoms with Crippen LogP contribution >= 0.6 is 0 Å². The predicted molar refractivity (Wildman–Crippen MR) is 105 cm³/mol. The lowest BCUT2D eigenvalue weighted by molar-refractivity contribution is -1.02. The Kier molecular flexibility index (Phi) is 6.57. The highest BCUT2D eigenvalue weighted by molar-refractivity contribution is 6.01. The van der Waals surface area contributed by atoms with Crippen molar-refractivity contribution in [2.75, 3.05) is 38.0 Å². The molecule has 27 heavy (non-hydrogen) atoms. The van der Waals surface area contributed by atoms with Crippen molar-refractivity contribution in [3.05, 3.63) is 65.7 Å². The van der Waals surface area contributed by atoms with Gasteiger partial charge in [-0.05, 0) is 24.6 Å². The highest BCUT2D eigenvalue weighted by atomic mass is 16.2. The lowest BCUT2D eigenvalue weighted by atomic mass is 10.1. The standard InChI is InChI=1S/C21H26N4O2/c1-17-7-5-6-8-18(17)15-24-11-13-25(14-12-24)16-20(26)23-21(27)22-19-9-3-2-4-10-19/h2-10H,11-16H2,1H3,(H2,22,23,26,27)/p+2. The van der Waals surface area contributed by atoms with Gasteiger partial charge in [-0.15, -0.1) is 0 Å². The summed E-state index contributed by atoms with van der Waals surface area (Å²) in [7, 11) is 0. The number of carbonyl (C=O) groups is 2. The van der Waals surface area contributed by atoms with E-state index in [1.54, 1.807) is 17.0 Å². The van der Waals surface area contributed by atoms with Crippen LogP contribution in [0, 0.1) is 6.92 Å². The number of carbonyl (C=O) groups excluding carboxylic acids is 2. The lowest BCUT2D eigenvalue weighted by Crippen LogP contribution is -3.28. The summed E-state index contributed by atoms with van der Waals surface area (Å²) in [6, 6.07) is 17.1. The van der Waals surface area contributed by atoms with Crippen molar-refractivity contribution in [3.63, 3.8) is 0 Å². The molecule has 0 atom stereocenters. The first-order valence-corrected chi connectivity index (χ1v) is 9.47. The first-order chi connectivity index (χ1) is 13.1. The normalized spacial score (nSPS) is 19.3. The largest absolute Gasteiger partial charge is 0.326 e. The number of rotatable bonds is 5. The monoisotopic (exact) mass is 368 g/mol. The molecule has 0 aliphatic carbocycles. The molecule has 0 saturated carbocycles. The summed E-state index contributed by atoms with van der Waals surface area (Å²) < 4.78 is 0. The van der Waals surface area contributed by atoms with Crippen LogP contribution in [0.25, 0.3) is 0 Å². The molecule has 4 N–H and O–H groups in total. The van der Waals surface area contributed by atoms with E-state index in [2.05, 4.69) is 41.8 Å². The molecule has 3 rings (SSSR count). The van der Waals surface area contributed by atoms with Gasteiger partial charge in [0.05, 0.1) is 0 Å². The number of imide groups is 1. The van der Waals surface area contributed by atoms with E-state index in [9.17, 15) is 9.59 Å². The number of piperazine rings is 1. The Morgan fingerprint density at radius 1 is 0.889 bits per heavy atom. The zero-order chi connectivity index (χ0) is 19.1. The van der Waals surface area contributed by atoms with Crippen molar-refractivity contribution in [3.8, 4) is 0 Å². The molecule has 6 nitrogen and oxygen atoms in total. The molecule has 142 valence electrons. The Labute approximate surface area is 160 Å². The van der Waals surface area contributed by atoms with Crippen LogP contribution in [-0.2, 0) is 11.3 Å². The van der Waals surface area contributed by atoms with E-state index in [4.69, 9.17) is 0 Å². The number of para-hydroxylation sites is 1. The van der Waals surface area contributed by atoms with E-state index in [1.807, 2.05) is 18.2 Å².